The van der Waals surface area contributed by atoms with E-state index in [1.165, 1.54) is 0 Å². The van der Waals surface area contributed by atoms with Crippen molar-refractivity contribution in [2.75, 3.05) is 0 Å². The van der Waals surface area contributed by atoms with Crippen LogP contribution in [0.15, 0.2) is 0 Å². The fourth-order valence-corrected chi connectivity index (χ4v) is 0.538. The number of halogens is 2. The van der Waals surface area contributed by atoms with Gasteiger partial charge in [0.2, 0.25) is 10.4 Å². The van der Waals surface area contributed by atoms with Crippen LogP contribution in [0.4, 0.5) is 8.78 Å². The summed E-state index contributed by atoms with van der Waals surface area (Å²) in [5, 5.41) is 0. The summed E-state index contributed by atoms with van der Waals surface area (Å²) < 4.78 is 53.7. The van der Waals surface area contributed by atoms with Crippen molar-refractivity contribution >= 4 is 10.4 Å². The second-order valence-electron chi connectivity index (χ2n) is 1.30. The highest BCUT2D eigenvalue weighted by Crippen LogP contribution is 2.15. The first-order chi connectivity index (χ1) is 3.71. The largest absolute Gasteiger partial charge is 0.725 e. The van der Waals surface area contributed by atoms with Crippen molar-refractivity contribution in [2.24, 2.45) is 0 Å². The van der Waals surface area contributed by atoms with Gasteiger partial charge < -0.3 is 4.55 Å². The lowest BCUT2D eigenvalue weighted by Crippen LogP contribution is -2.20. The van der Waals surface area contributed by atoms with Crippen molar-refractivity contribution in [2.45, 2.75) is 13.0 Å². The zero-order valence-corrected chi connectivity index (χ0v) is 5.11. The molecule has 0 rings (SSSR count). The maximum absolute atomic E-state index is 11.4. The van der Waals surface area contributed by atoms with Crippen LogP contribution in [0, 0.1) is 0 Å². The average molecular weight is 161 g/mol. The topological polar surface area (TPSA) is 66.4 Å². The van der Waals surface area contributed by atoms with Crippen LogP contribution >= 0.6 is 0 Å². The summed E-state index contributed by atoms with van der Waals surface area (Å²) in [5.74, 6) is 0. The summed E-state index contributed by atoms with van der Waals surface area (Å²) in [6.45, 7) is 0.155. The van der Waals surface area contributed by atoms with E-state index in [1.54, 1.807) is 0 Å². The van der Waals surface area contributed by atoms with Gasteiger partial charge in [-0.05, 0) is 0 Å². The molecule has 0 heterocycles. The Hall–Kier alpha value is -0.270. The Morgan fingerprint density at radius 2 is 1.89 bits per heavy atom. The van der Waals surface area contributed by atoms with Crippen LogP contribution in [0.3, 0.4) is 0 Å². The van der Waals surface area contributed by atoms with Gasteiger partial charge in [0.15, 0.2) is 0 Å². The van der Waals surface area contributed by atoms with Gasteiger partial charge in [0.05, 0.1) is 0 Å². The number of hydrogen-bond donors (Lipinski definition) is 0. The highest BCUT2D eigenvalue weighted by molar-refractivity contribution is 7.80. The molecule has 56 valence electrons. The molecule has 0 amide bonds. The Morgan fingerprint density at radius 3 is 1.89 bits per heavy atom. The van der Waals surface area contributed by atoms with E-state index in [0.717, 1.165) is 0 Å². The van der Waals surface area contributed by atoms with Gasteiger partial charge in [-0.25, -0.2) is 12.6 Å². The van der Waals surface area contributed by atoms with Crippen molar-refractivity contribution in [1.82, 2.24) is 0 Å². The van der Waals surface area contributed by atoms with Gasteiger partial charge in [-0.1, -0.05) is 0 Å². The zero-order chi connectivity index (χ0) is 7.71. The van der Waals surface area contributed by atoms with Crippen molar-refractivity contribution < 1.29 is 25.9 Å². The quantitative estimate of drug-likeness (QED) is 0.424. The van der Waals surface area contributed by atoms with Gasteiger partial charge in [-0.2, -0.15) is 8.78 Å². The van der Waals surface area contributed by atoms with E-state index in [-0.39, 0.29) is 6.92 Å². The predicted molar refractivity (Wildman–Crippen MR) is 21.4 cm³/mol. The molecule has 9 heavy (non-hydrogen) atoms. The van der Waals surface area contributed by atoms with E-state index in [9.17, 15) is 21.8 Å². The Morgan fingerprint density at radius 1 is 1.56 bits per heavy atom. The maximum atomic E-state index is 11.4. The molecule has 0 saturated carbocycles. The minimum Gasteiger partial charge on any atom is -0.725 e. The predicted octanol–water partition coefficient (Wildman–Crippen LogP) is 0.0759. The van der Waals surface area contributed by atoms with E-state index in [4.69, 9.17) is 0 Å². The molecular formula is C2H3F2O4S-. The van der Waals surface area contributed by atoms with Gasteiger partial charge in [-0.3, -0.25) is 0 Å². The standard InChI is InChI=1S/C2H4F2O4S/c1-2(3,4)8-9(5,6)7/h1H3,(H,5,6,7)/p-1. The van der Waals surface area contributed by atoms with Crippen LogP contribution < -0.4 is 0 Å². The molecule has 0 aromatic carbocycles. The molecule has 0 unspecified atom stereocenters. The highest BCUT2D eigenvalue weighted by atomic mass is 32.3. The van der Waals surface area contributed by atoms with E-state index in [1.807, 2.05) is 0 Å². The van der Waals surface area contributed by atoms with Crippen LogP contribution in [0.25, 0.3) is 0 Å². The van der Waals surface area contributed by atoms with Gasteiger partial charge in [0.1, 0.15) is 0 Å². The average Bonchev–Trinajstić information content (AvgIpc) is 1.14. The first-order valence-corrected chi connectivity index (χ1v) is 3.08. The molecule has 0 aromatic heterocycles. The van der Waals surface area contributed by atoms with Crippen molar-refractivity contribution in [3.8, 4) is 0 Å². The van der Waals surface area contributed by atoms with Crippen LogP contribution in [0.2, 0.25) is 0 Å². The van der Waals surface area contributed by atoms with E-state index < -0.39 is 16.5 Å². The lowest BCUT2D eigenvalue weighted by Gasteiger charge is -2.12. The minimum absolute atomic E-state index is 0.155. The fourth-order valence-electron chi connectivity index (χ4n) is 0.179. The number of hydrogen-bond acceptors (Lipinski definition) is 4. The molecule has 4 nitrogen and oxygen atoms in total. The summed E-state index contributed by atoms with van der Waals surface area (Å²) in [5.41, 5.74) is 0. The van der Waals surface area contributed by atoms with E-state index in [2.05, 4.69) is 4.18 Å². The SMILES string of the molecule is CC(F)(F)OS(=O)(=O)[O-]. The molecule has 0 aliphatic rings. The molecule has 0 aliphatic carbocycles. The third-order valence-corrected chi connectivity index (χ3v) is 0.745. The third kappa shape index (κ3) is 7.73. The van der Waals surface area contributed by atoms with E-state index in [0.29, 0.717) is 0 Å². The summed E-state index contributed by atoms with van der Waals surface area (Å²) in [7, 11) is -5.28. The van der Waals surface area contributed by atoms with Crippen molar-refractivity contribution in [1.29, 1.82) is 0 Å². The molecule has 0 fully saturated rings. The zero-order valence-electron chi connectivity index (χ0n) is 4.30. The first-order valence-electron chi connectivity index (χ1n) is 1.75. The molecule has 0 aromatic rings. The second-order valence-corrected chi connectivity index (χ2v) is 2.28. The van der Waals surface area contributed by atoms with Crippen LogP contribution in [-0.4, -0.2) is 19.1 Å². The van der Waals surface area contributed by atoms with Gasteiger partial charge in [0.25, 0.3) is 0 Å². The monoisotopic (exact) mass is 161 g/mol. The first kappa shape index (κ1) is 8.73. The molecule has 7 heteroatoms. The Balaban J connectivity index is 4.07. The fraction of sp³-hybridized carbons (Fsp3) is 1.00. The number of alkyl halides is 2. The summed E-state index contributed by atoms with van der Waals surface area (Å²) >= 11 is 0. The van der Waals surface area contributed by atoms with Gasteiger partial charge in [-0.15, -0.1) is 0 Å². The highest BCUT2D eigenvalue weighted by Gasteiger charge is 2.25. The molecule has 0 N–H and O–H groups in total. The lowest BCUT2D eigenvalue weighted by molar-refractivity contribution is -0.159. The normalized spacial score (nSPS) is 13.8. The van der Waals surface area contributed by atoms with Crippen LogP contribution in [0.5, 0.6) is 0 Å². The maximum Gasteiger partial charge on any atom is 0.365 e. The van der Waals surface area contributed by atoms with Crippen LogP contribution in [-0.2, 0) is 14.6 Å². The Bertz CT molecular complexity index is 177. The van der Waals surface area contributed by atoms with Crippen molar-refractivity contribution in [3.05, 3.63) is 0 Å². The van der Waals surface area contributed by atoms with Gasteiger partial charge >= 0.3 is 6.11 Å². The third-order valence-electron chi connectivity index (χ3n) is 0.248. The van der Waals surface area contributed by atoms with Crippen molar-refractivity contribution in [3.63, 3.8) is 0 Å². The summed E-state index contributed by atoms with van der Waals surface area (Å²) in [6.07, 6.45) is -3.92. The Labute approximate surface area is 50.4 Å². The Kier molecular flexibility index (Phi) is 2.10. The molecule has 0 atom stereocenters. The number of rotatable bonds is 2. The molecular weight excluding hydrogens is 158 g/mol. The molecule has 0 spiro atoms. The lowest BCUT2D eigenvalue weighted by atomic mass is 10.8. The summed E-state index contributed by atoms with van der Waals surface area (Å²) in [6, 6.07) is 0. The molecule has 0 bridgehead atoms. The second kappa shape index (κ2) is 2.16. The molecule has 0 aliphatic heterocycles. The smallest absolute Gasteiger partial charge is 0.365 e. The van der Waals surface area contributed by atoms with E-state index >= 15 is 0 Å². The van der Waals surface area contributed by atoms with Gasteiger partial charge in [0, 0.05) is 6.92 Å². The minimum atomic E-state index is -5.28. The molecule has 0 radical (unpaired) electrons. The summed E-state index contributed by atoms with van der Waals surface area (Å²) in [4.78, 5) is 0. The van der Waals surface area contributed by atoms with Crippen LogP contribution in [0.1, 0.15) is 6.92 Å². The molecule has 0 saturated heterocycles.